The van der Waals surface area contributed by atoms with Crippen molar-refractivity contribution in [2.24, 2.45) is 0 Å². The van der Waals surface area contributed by atoms with Gasteiger partial charge in [0.15, 0.2) is 5.82 Å². The van der Waals surface area contributed by atoms with Crippen molar-refractivity contribution in [1.29, 1.82) is 0 Å². The van der Waals surface area contributed by atoms with Gasteiger partial charge in [-0.25, -0.2) is 0 Å². The molecular weight excluding hydrogens is 230 g/mol. The minimum atomic E-state index is 0.512. The van der Waals surface area contributed by atoms with Gasteiger partial charge in [0.05, 0.1) is 36.9 Å². The maximum Gasteiger partial charge on any atom is 0.215 e. The van der Waals surface area contributed by atoms with Gasteiger partial charge in [-0.2, -0.15) is 4.98 Å². The van der Waals surface area contributed by atoms with Crippen LogP contribution in [0.1, 0.15) is 11.4 Å². The third kappa shape index (κ3) is 2.85. The lowest BCUT2D eigenvalue weighted by molar-refractivity contribution is 0.398. The smallest absolute Gasteiger partial charge is 0.215 e. The van der Waals surface area contributed by atoms with Crippen molar-refractivity contribution >= 4 is 11.5 Å². The molecule has 0 aliphatic heterocycles. The number of anilines is 2. The molecular formula is C12H15N5O. The number of hydrogen-bond donors (Lipinski definition) is 2. The normalized spacial score (nSPS) is 10.1. The fourth-order valence-electron chi connectivity index (χ4n) is 1.39. The Hall–Kier alpha value is -2.37. The third-order valence-electron chi connectivity index (χ3n) is 2.38. The number of nitrogens with one attached hydrogen (secondary N) is 1. The summed E-state index contributed by atoms with van der Waals surface area (Å²) in [4.78, 5) is 12.6. The average molecular weight is 245 g/mol. The van der Waals surface area contributed by atoms with E-state index in [1.807, 2.05) is 6.92 Å². The monoisotopic (exact) mass is 245 g/mol. The molecule has 0 radical (unpaired) electrons. The Morgan fingerprint density at radius 1 is 1.28 bits per heavy atom. The molecule has 18 heavy (non-hydrogen) atoms. The van der Waals surface area contributed by atoms with Crippen LogP contribution in [0.25, 0.3) is 0 Å². The van der Waals surface area contributed by atoms with Gasteiger partial charge >= 0.3 is 0 Å². The fraction of sp³-hybridized carbons (Fsp3) is 0.250. The molecule has 0 saturated carbocycles. The number of nitrogens with zero attached hydrogens (tertiary/aromatic N) is 3. The average Bonchev–Trinajstić information content (AvgIpc) is 2.40. The summed E-state index contributed by atoms with van der Waals surface area (Å²) in [7, 11) is 1.56. The molecule has 0 bridgehead atoms. The molecule has 0 amide bonds. The number of aromatic nitrogens is 3. The number of pyridine rings is 1. The van der Waals surface area contributed by atoms with Crippen molar-refractivity contribution < 1.29 is 4.74 Å². The first-order chi connectivity index (χ1) is 8.69. The molecule has 6 heteroatoms. The van der Waals surface area contributed by atoms with Crippen LogP contribution in [0.2, 0.25) is 0 Å². The summed E-state index contributed by atoms with van der Waals surface area (Å²) in [6.07, 6.45) is 3.44. The Labute approximate surface area is 105 Å². The minimum absolute atomic E-state index is 0.512. The minimum Gasteiger partial charge on any atom is -0.481 e. The van der Waals surface area contributed by atoms with Crippen LogP contribution >= 0.6 is 0 Å². The number of hydrogen-bond acceptors (Lipinski definition) is 6. The van der Waals surface area contributed by atoms with Crippen LogP contribution in [-0.4, -0.2) is 22.1 Å². The van der Waals surface area contributed by atoms with Crippen molar-refractivity contribution in [1.82, 2.24) is 15.0 Å². The molecule has 2 aromatic heterocycles. The van der Waals surface area contributed by atoms with Gasteiger partial charge in [-0.05, 0) is 13.0 Å². The molecule has 0 saturated heterocycles. The molecule has 0 aliphatic rings. The molecule has 2 heterocycles. The summed E-state index contributed by atoms with van der Waals surface area (Å²) in [6.45, 7) is 2.41. The summed E-state index contributed by atoms with van der Waals surface area (Å²) < 4.78 is 5.04. The third-order valence-corrected chi connectivity index (χ3v) is 2.38. The van der Waals surface area contributed by atoms with Gasteiger partial charge in [-0.15, -0.1) is 0 Å². The Bertz CT molecular complexity index is 526. The quantitative estimate of drug-likeness (QED) is 0.846. The first kappa shape index (κ1) is 12.1. The fourth-order valence-corrected chi connectivity index (χ4v) is 1.39. The van der Waals surface area contributed by atoms with E-state index in [0.717, 1.165) is 11.4 Å². The molecule has 0 unspecified atom stereocenters. The largest absolute Gasteiger partial charge is 0.481 e. The lowest BCUT2D eigenvalue weighted by Gasteiger charge is -2.09. The van der Waals surface area contributed by atoms with Crippen LogP contribution in [0.15, 0.2) is 24.5 Å². The summed E-state index contributed by atoms with van der Waals surface area (Å²) in [5, 5.41) is 3.10. The lowest BCUT2D eigenvalue weighted by Crippen LogP contribution is -2.07. The summed E-state index contributed by atoms with van der Waals surface area (Å²) in [6, 6.07) is 3.46. The molecule has 0 aromatic carbocycles. The Morgan fingerprint density at radius 2 is 2.11 bits per heavy atom. The molecule has 0 fully saturated rings. The van der Waals surface area contributed by atoms with Gasteiger partial charge < -0.3 is 15.8 Å². The first-order valence-corrected chi connectivity index (χ1v) is 5.51. The first-order valence-electron chi connectivity index (χ1n) is 5.51. The van der Waals surface area contributed by atoms with E-state index in [-0.39, 0.29) is 0 Å². The van der Waals surface area contributed by atoms with E-state index in [2.05, 4.69) is 20.3 Å². The van der Waals surface area contributed by atoms with Crippen LogP contribution in [0.3, 0.4) is 0 Å². The van der Waals surface area contributed by atoms with Gasteiger partial charge in [-0.3, -0.25) is 9.97 Å². The zero-order valence-corrected chi connectivity index (χ0v) is 10.3. The van der Waals surface area contributed by atoms with Crippen molar-refractivity contribution in [2.45, 2.75) is 13.5 Å². The summed E-state index contributed by atoms with van der Waals surface area (Å²) >= 11 is 0. The van der Waals surface area contributed by atoms with Crippen LogP contribution in [0.4, 0.5) is 11.5 Å². The van der Waals surface area contributed by atoms with E-state index >= 15 is 0 Å². The zero-order valence-electron chi connectivity index (χ0n) is 10.3. The highest BCUT2D eigenvalue weighted by Gasteiger charge is 2.03. The molecule has 3 N–H and O–H groups in total. The second kappa shape index (κ2) is 5.31. The van der Waals surface area contributed by atoms with Crippen LogP contribution < -0.4 is 15.8 Å². The Balaban J connectivity index is 2.07. The predicted molar refractivity (Wildman–Crippen MR) is 69.3 cm³/mol. The molecule has 6 nitrogen and oxygen atoms in total. The van der Waals surface area contributed by atoms with E-state index in [0.29, 0.717) is 23.9 Å². The number of aryl methyl sites for hydroxylation is 1. The Morgan fingerprint density at radius 3 is 2.78 bits per heavy atom. The van der Waals surface area contributed by atoms with Gasteiger partial charge in [0.2, 0.25) is 5.88 Å². The number of nitrogen functional groups attached to an aromatic ring is 1. The molecule has 94 valence electrons. The number of methoxy groups -OCH3 is 1. The highest BCUT2D eigenvalue weighted by atomic mass is 16.5. The molecule has 0 spiro atoms. The van der Waals surface area contributed by atoms with Gasteiger partial charge in [0.25, 0.3) is 0 Å². The maximum absolute atomic E-state index is 5.82. The number of nitrogens with two attached hydrogens (primary N) is 1. The van der Waals surface area contributed by atoms with Crippen molar-refractivity contribution in [3.8, 4) is 5.88 Å². The molecule has 0 atom stereocenters. The second-order valence-corrected chi connectivity index (χ2v) is 3.79. The van der Waals surface area contributed by atoms with Crippen LogP contribution in [0, 0.1) is 6.92 Å². The Kier molecular flexibility index (Phi) is 3.57. The highest BCUT2D eigenvalue weighted by Crippen LogP contribution is 2.19. The van der Waals surface area contributed by atoms with Crippen molar-refractivity contribution in [3.63, 3.8) is 0 Å². The van der Waals surface area contributed by atoms with E-state index < -0.39 is 0 Å². The van der Waals surface area contributed by atoms with Crippen LogP contribution in [0.5, 0.6) is 5.88 Å². The highest BCUT2D eigenvalue weighted by molar-refractivity contribution is 5.61. The zero-order chi connectivity index (χ0) is 13.0. The lowest BCUT2D eigenvalue weighted by atomic mass is 10.3. The second-order valence-electron chi connectivity index (χ2n) is 3.79. The summed E-state index contributed by atoms with van der Waals surface area (Å²) in [5.74, 6) is 1.10. The molecule has 2 aromatic rings. The molecule has 2 rings (SSSR count). The molecule has 0 aliphatic carbocycles. The standard InChI is InChI=1S/C12H15N5O/c1-8-5-15-9(6-14-8)7-16-12-10(13)3-4-11(17-12)18-2/h3-6H,7,13H2,1-2H3,(H,16,17). The number of ether oxygens (including phenoxy) is 1. The van der Waals surface area contributed by atoms with E-state index in [4.69, 9.17) is 10.5 Å². The van der Waals surface area contributed by atoms with Crippen LogP contribution in [-0.2, 0) is 6.54 Å². The van der Waals surface area contributed by atoms with E-state index in [1.165, 1.54) is 0 Å². The number of rotatable bonds is 4. The van der Waals surface area contributed by atoms with Gasteiger partial charge in [0.1, 0.15) is 0 Å². The topological polar surface area (TPSA) is 86.0 Å². The van der Waals surface area contributed by atoms with E-state index in [9.17, 15) is 0 Å². The maximum atomic E-state index is 5.82. The van der Waals surface area contributed by atoms with E-state index in [1.54, 1.807) is 31.6 Å². The van der Waals surface area contributed by atoms with Crippen molar-refractivity contribution in [3.05, 3.63) is 35.9 Å². The van der Waals surface area contributed by atoms with Gasteiger partial charge in [-0.1, -0.05) is 0 Å². The predicted octanol–water partition coefficient (Wildman–Crippen LogP) is 1.38. The summed E-state index contributed by atoms with van der Waals surface area (Å²) in [5.41, 5.74) is 8.09. The van der Waals surface area contributed by atoms with Gasteiger partial charge in [0, 0.05) is 12.3 Å². The van der Waals surface area contributed by atoms with Crippen molar-refractivity contribution in [2.75, 3.05) is 18.2 Å². The SMILES string of the molecule is COc1ccc(N)c(NCc2cnc(C)cn2)n1.